The van der Waals surface area contributed by atoms with Gasteiger partial charge < -0.3 is 10.1 Å². The maximum atomic E-state index is 12.1. The third-order valence-electron chi connectivity index (χ3n) is 3.83. The number of benzene rings is 1. The summed E-state index contributed by atoms with van der Waals surface area (Å²) in [6.07, 6.45) is 0. The Balaban J connectivity index is 1.86. The van der Waals surface area contributed by atoms with Gasteiger partial charge in [-0.1, -0.05) is 0 Å². The minimum Gasteiger partial charge on any atom is -0.439 e. The lowest BCUT2D eigenvalue weighted by Crippen LogP contribution is -2.38. The fourth-order valence-corrected chi connectivity index (χ4v) is 2.99. The molecule has 9 heteroatoms. The highest BCUT2D eigenvalue weighted by Gasteiger charge is 2.17. The van der Waals surface area contributed by atoms with Crippen LogP contribution in [0.5, 0.6) is 11.6 Å². The van der Waals surface area contributed by atoms with Gasteiger partial charge in [-0.2, -0.15) is 16.6 Å². The lowest BCUT2D eigenvalue weighted by atomic mass is 10.2. The zero-order valence-corrected chi connectivity index (χ0v) is 15.2. The number of hydrogen-bond donors (Lipinski definition) is 1. The second-order valence-corrected chi connectivity index (χ2v) is 6.37. The number of rotatable bonds is 4. The number of nitrogens with zero attached hydrogens (tertiary/aromatic N) is 3. The number of nitriles is 1. The van der Waals surface area contributed by atoms with Crippen LogP contribution in [0.2, 0.25) is 0 Å². The van der Waals surface area contributed by atoms with Crippen molar-refractivity contribution in [1.82, 2.24) is 9.13 Å². The molecule has 1 amide bonds. The number of ether oxygens (including phenoxy) is 1. The largest absolute Gasteiger partial charge is 0.439 e. The van der Waals surface area contributed by atoms with Crippen LogP contribution < -0.4 is 21.3 Å². The highest BCUT2D eigenvalue weighted by atomic mass is 32.1. The SMILES string of the molecule is Cn1c(Oc2ccc(NC(=O)c3ccsc3)cc2)c(C#N)c(=O)n(C)c1=O. The summed E-state index contributed by atoms with van der Waals surface area (Å²) in [7, 11) is 2.70. The van der Waals surface area contributed by atoms with Gasteiger partial charge in [0.2, 0.25) is 5.88 Å². The molecule has 0 aliphatic rings. The fourth-order valence-electron chi connectivity index (χ4n) is 2.36. The molecule has 0 saturated heterocycles. The molecule has 8 nitrogen and oxygen atoms in total. The fraction of sp³-hybridized carbons (Fsp3) is 0.111. The number of nitrogens with one attached hydrogen (secondary N) is 1. The maximum Gasteiger partial charge on any atom is 0.333 e. The van der Waals surface area contributed by atoms with Crippen LogP contribution >= 0.6 is 11.3 Å². The van der Waals surface area contributed by atoms with E-state index < -0.39 is 11.2 Å². The van der Waals surface area contributed by atoms with Crippen LogP contribution in [-0.4, -0.2) is 15.0 Å². The predicted molar refractivity (Wildman–Crippen MR) is 100 cm³/mol. The van der Waals surface area contributed by atoms with Gasteiger partial charge in [0, 0.05) is 25.2 Å². The summed E-state index contributed by atoms with van der Waals surface area (Å²) >= 11 is 1.43. The Morgan fingerprint density at radius 3 is 2.44 bits per heavy atom. The van der Waals surface area contributed by atoms with Crippen LogP contribution in [0.15, 0.2) is 50.7 Å². The maximum absolute atomic E-state index is 12.1. The molecule has 0 aliphatic carbocycles. The number of anilines is 1. The standard InChI is InChI=1S/C18H14N4O4S/c1-21-16(24)14(9-19)17(22(2)18(21)25)26-13-5-3-12(4-6-13)20-15(23)11-7-8-27-10-11/h3-8,10H,1-2H3,(H,20,23). The van der Waals surface area contributed by atoms with E-state index in [0.717, 1.165) is 9.13 Å². The highest BCUT2D eigenvalue weighted by molar-refractivity contribution is 7.08. The van der Waals surface area contributed by atoms with Gasteiger partial charge in [-0.25, -0.2) is 4.79 Å². The Hall–Kier alpha value is -3.64. The summed E-state index contributed by atoms with van der Waals surface area (Å²) in [6, 6.07) is 9.85. The molecule has 0 saturated carbocycles. The lowest BCUT2D eigenvalue weighted by molar-refractivity contribution is 0.102. The predicted octanol–water partition coefficient (Wildman–Crippen LogP) is 2.06. The number of aromatic nitrogens is 2. The van der Waals surface area contributed by atoms with E-state index in [1.165, 1.54) is 25.4 Å². The van der Waals surface area contributed by atoms with E-state index in [1.54, 1.807) is 41.8 Å². The summed E-state index contributed by atoms with van der Waals surface area (Å²) in [5.74, 6) is -0.0606. The van der Waals surface area contributed by atoms with E-state index in [-0.39, 0.29) is 17.4 Å². The minimum atomic E-state index is -0.727. The smallest absolute Gasteiger partial charge is 0.333 e. The first kappa shape index (κ1) is 18.2. The van der Waals surface area contributed by atoms with E-state index in [4.69, 9.17) is 4.74 Å². The van der Waals surface area contributed by atoms with Crippen LogP contribution in [0.1, 0.15) is 15.9 Å². The minimum absolute atomic E-state index is 0.138. The zero-order chi connectivity index (χ0) is 19.6. The van der Waals surface area contributed by atoms with Gasteiger partial charge in [0.1, 0.15) is 11.8 Å². The van der Waals surface area contributed by atoms with Crippen molar-refractivity contribution in [2.45, 2.75) is 0 Å². The zero-order valence-electron chi connectivity index (χ0n) is 14.4. The summed E-state index contributed by atoms with van der Waals surface area (Å²) < 4.78 is 7.53. The molecule has 3 rings (SSSR count). The molecule has 0 fully saturated rings. The van der Waals surface area contributed by atoms with Gasteiger partial charge in [0.05, 0.1) is 5.56 Å². The molecule has 0 bridgehead atoms. The van der Waals surface area contributed by atoms with Crippen molar-refractivity contribution < 1.29 is 9.53 Å². The molecule has 0 atom stereocenters. The van der Waals surface area contributed by atoms with E-state index in [2.05, 4.69) is 5.32 Å². The second kappa shape index (κ2) is 7.31. The Bertz CT molecular complexity index is 1150. The summed E-state index contributed by atoms with van der Waals surface area (Å²) in [5.41, 5.74) is -0.482. The van der Waals surface area contributed by atoms with Crippen LogP contribution in [0, 0.1) is 11.3 Å². The van der Waals surface area contributed by atoms with Gasteiger partial charge >= 0.3 is 5.69 Å². The average Bonchev–Trinajstić information content (AvgIpc) is 3.21. The summed E-state index contributed by atoms with van der Waals surface area (Å²) in [4.78, 5) is 36.2. The van der Waals surface area contributed by atoms with Crippen LogP contribution in [-0.2, 0) is 14.1 Å². The van der Waals surface area contributed by atoms with E-state index >= 15 is 0 Å². The first-order valence-corrected chi connectivity index (χ1v) is 8.68. The first-order valence-electron chi connectivity index (χ1n) is 7.74. The molecule has 27 heavy (non-hydrogen) atoms. The van der Waals surface area contributed by atoms with Gasteiger partial charge in [0.15, 0.2) is 5.56 Å². The number of amides is 1. The number of carbonyl (C=O) groups excluding carboxylic acids is 1. The topological polar surface area (TPSA) is 106 Å². The van der Waals surface area contributed by atoms with Crippen molar-refractivity contribution in [3.8, 4) is 17.7 Å². The van der Waals surface area contributed by atoms with Crippen LogP contribution in [0.25, 0.3) is 0 Å². The third-order valence-corrected chi connectivity index (χ3v) is 4.52. The number of thiophene rings is 1. The van der Waals surface area contributed by atoms with Crippen molar-refractivity contribution >= 4 is 22.9 Å². The normalized spacial score (nSPS) is 10.3. The molecule has 1 aromatic carbocycles. The molecule has 2 heterocycles. The van der Waals surface area contributed by atoms with E-state index in [9.17, 15) is 19.6 Å². The molecule has 2 aromatic heterocycles. The average molecular weight is 382 g/mol. The molecule has 0 spiro atoms. The quantitative estimate of drug-likeness (QED) is 0.743. The van der Waals surface area contributed by atoms with Crippen molar-refractivity contribution in [2.24, 2.45) is 14.1 Å². The monoisotopic (exact) mass is 382 g/mol. The Labute approximate surface area is 157 Å². The third kappa shape index (κ3) is 3.51. The number of carbonyl (C=O) groups is 1. The van der Waals surface area contributed by atoms with Crippen molar-refractivity contribution in [3.63, 3.8) is 0 Å². The van der Waals surface area contributed by atoms with Crippen LogP contribution in [0.3, 0.4) is 0 Å². The van der Waals surface area contributed by atoms with Gasteiger partial charge in [-0.05, 0) is 35.7 Å². The van der Waals surface area contributed by atoms with Crippen molar-refractivity contribution in [3.05, 3.63) is 73.1 Å². The van der Waals surface area contributed by atoms with Crippen LogP contribution in [0.4, 0.5) is 5.69 Å². The molecule has 3 aromatic rings. The summed E-state index contributed by atoms with van der Waals surface area (Å²) in [6.45, 7) is 0. The van der Waals surface area contributed by atoms with Gasteiger partial charge in [-0.15, -0.1) is 0 Å². The molecule has 0 aliphatic heterocycles. The Morgan fingerprint density at radius 2 is 1.85 bits per heavy atom. The van der Waals surface area contributed by atoms with Gasteiger partial charge in [-0.3, -0.25) is 18.7 Å². The summed E-state index contributed by atoms with van der Waals surface area (Å²) in [5, 5.41) is 15.5. The molecule has 0 radical (unpaired) electrons. The highest BCUT2D eigenvalue weighted by Crippen LogP contribution is 2.23. The molecule has 1 N–H and O–H groups in total. The molecular formula is C18H14N4O4S. The van der Waals surface area contributed by atoms with Crippen molar-refractivity contribution in [2.75, 3.05) is 5.32 Å². The van der Waals surface area contributed by atoms with E-state index in [1.807, 2.05) is 5.38 Å². The number of hydrogen-bond acceptors (Lipinski definition) is 6. The second-order valence-electron chi connectivity index (χ2n) is 5.59. The molecule has 136 valence electrons. The lowest BCUT2D eigenvalue weighted by Gasteiger charge is -2.13. The molecule has 0 unspecified atom stereocenters. The van der Waals surface area contributed by atoms with Crippen molar-refractivity contribution in [1.29, 1.82) is 5.26 Å². The Kier molecular flexibility index (Phi) is 4.92. The van der Waals surface area contributed by atoms with E-state index in [0.29, 0.717) is 17.0 Å². The van der Waals surface area contributed by atoms with Gasteiger partial charge in [0.25, 0.3) is 11.5 Å². The first-order chi connectivity index (χ1) is 12.9. The molecular weight excluding hydrogens is 368 g/mol. The Morgan fingerprint density at radius 1 is 1.15 bits per heavy atom.